The quantitative estimate of drug-likeness (QED) is 0.330. The van der Waals surface area contributed by atoms with E-state index in [4.69, 9.17) is 9.84 Å². The monoisotopic (exact) mass is 505 g/mol. The van der Waals surface area contributed by atoms with Crippen LogP contribution < -0.4 is 4.90 Å². The number of amides is 2. The predicted octanol–water partition coefficient (Wildman–Crippen LogP) is 2.94. The molecule has 2 amide bonds. The number of rotatable bonds is 8. The number of Topliss-reactive ketones (excluding diaryl/α,β-unsaturated/α-hetero) is 1. The Bertz CT molecular complexity index is 1040. The molecule has 1 heterocycles. The van der Waals surface area contributed by atoms with Crippen molar-refractivity contribution in [3.8, 4) is 0 Å². The zero-order chi connectivity index (χ0) is 22.5. The van der Waals surface area contributed by atoms with Crippen LogP contribution in [0.1, 0.15) is 27.1 Å². The van der Waals surface area contributed by atoms with Gasteiger partial charge in [-0.2, -0.15) is 0 Å². The Balaban J connectivity index is 1.60. The number of carbonyl (C=O) groups excluding carboxylic acids is 4. The third kappa shape index (κ3) is 5.59. The molecular formula is C21H16BrNO7S. The van der Waals surface area contributed by atoms with Gasteiger partial charge < -0.3 is 9.84 Å². The van der Waals surface area contributed by atoms with Crippen LogP contribution in [0.3, 0.4) is 0 Å². The second-order valence-corrected chi connectivity index (χ2v) is 8.62. The third-order valence-corrected chi connectivity index (χ3v) is 6.09. The first kappa shape index (κ1) is 22.7. The van der Waals surface area contributed by atoms with Gasteiger partial charge in [0.1, 0.15) is 0 Å². The number of thioether (sulfide) groups is 1. The second kappa shape index (κ2) is 9.88. The van der Waals surface area contributed by atoms with Crippen LogP contribution in [-0.2, 0) is 19.1 Å². The highest BCUT2D eigenvalue weighted by molar-refractivity contribution is 9.10. The number of benzene rings is 2. The van der Waals surface area contributed by atoms with Crippen molar-refractivity contribution < 1.29 is 33.8 Å². The maximum absolute atomic E-state index is 12.4. The molecule has 0 radical (unpaired) electrons. The normalized spacial score (nSPS) is 15.8. The SMILES string of the molecule is O=C(O)CSC1CC(=O)N(c2ccc(C(=O)OCC(=O)c3ccc(Br)cc3)cc2)C1=O. The molecule has 160 valence electrons. The van der Waals surface area contributed by atoms with Gasteiger partial charge in [0.05, 0.1) is 22.3 Å². The Hall–Kier alpha value is -2.98. The summed E-state index contributed by atoms with van der Waals surface area (Å²) in [5, 5.41) is 8.00. The average molecular weight is 506 g/mol. The second-order valence-electron chi connectivity index (χ2n) is 6.52. The van der Waals surface area contributed by atoms with E-state index in [0.29, 0.717) is 5.56 Å². The summed E-state index contributed by atoms with van der Waals surface area (Å²) in [4.78, 5) is 60.6. The van der Waals surface area contributed by atoms with E-state index < -0.39 is 35.6 Å². The number of ketones is 1. The Kier molecular flexibility index (Phi) is 7.24. The molecule has 3 rings (SSSR count). The molecule has 0 aliphatic carbocycles. The molecule has 2 aromatic carbocycles. The van der Waals surface area contributed by atoms with E-state index in [-0.39, 0.29) is 29.2 Å². The van der Waals surface area contributed by atoms with Crippen LogP contribution in [0.15, 0.2) is 53.0 Å². The van der Waals surface area contributed by atoms with Crippen molar-refractivity contribution in [2.24, 2.45) is 0 Å². The van der Waals surface area contributed by atoms with Crippen molar-refractivity contribution in [2.45, 2.75) is 11.7 Å². The van der Waals surface area contributed by atoms with Crippen LogP contribution in [0.25, 0.3) is 0 Å². The van der Waals surface area contributed by atoms with Gasteiger partial charge in [0, 0.05) is 16.5 Å². The van der Waals surface area contributed by atoms with E-state index in [9.17, 15) is 24.0 Å². The van der Waals surface area contributed by atoms with Crippen molar-refractivity contribution in [3.63, 3.8) is 0 Å². The van der Waals surface area contributed by atoms with Gasteiger partial charge >= 0.3 is 11.9 Å². The number of imide groups is 1. The van der Waals surface area contributed by atoms with Crippen LogP contribution >= 0.6 is 27.7 Å². The highest BCUT2D eigenvalue weighted by atomic mass is 79.9. The Morgan fingerprint density at radius 1 is 1.03 bits per heavy atom. The van der Waals surface area contributed by atoms with Gasteiger partial charge in [-0.1, -0.05) is 28.1 Å². The van der Waals surface area contributed by atoms with Crippen LogP contribution in [-0.4, -0.2) is 52.3 Å². The molecular weight excluding hydrogens is 490 g/mol. The molecule has 0 bridgehead atoms. The zero-order valence-corrected chi connectivity index (χ0v) is 18.4. The van der Waals surface area contributed by atoms with E-state index in [0.717, 1.165) is 21.1 Å². The summed E-state index contributed by atoms with van der Waals surface area (Å²) in [5.41, 5.74) is 0.840. The smallest absolute Gasteiger partial charge is 0.338 e. The summed E-state index contributed by atoms with van der Waals surface area (Å²) in [6, 6.07) is 12.3. The fourth-order valence-corrected chi connectivity index (χ4v) is 3.97. The van der Waals surface area contributed by atoms with Gasteiger partial charge in [-0.25, -0.2) is 9.69 Å². The maximum Gasteiger partial charge on any atom is 0.338 e. The van der Waals surface area contributed by atoms with Gasteiger partial charge in [0.2, 0.25) is 11.8 Å². The average Bonchev–Trinajstić information content (AvgIpc) is 3.04. The molecule has 2 aromatic rings. The van der Waals surface area contributed by atoms with E-state index in [1.165, 1.54) is 24.3 Å². The van der Waals surface area contributed by atoms with Crippen LogP contribution in [0.5, 0.6) is 0 Å². The fourth-order valence-electron chi connectivity index (χ4n) is 2.86. The van der Waals surface area contributed by atoms with Gasteiger partial charge in [-0.3, -0.25) is 19.2 Å². The first-order valence-corrected chi connectivity index (χ1v) is 10.9. The summed E-state index contributed by atoms with van der Waals surface area (Å²) >= 11 is 4.17. The highest BCUT2D eigenvalue weighted by Gasteiger charge is 2.40. The number of ether oxygens (including phenoxy) is 1. The first-order valence-electron chi connectivity index (χ1n) is 9.02. The first-order chi connectivity index (χ1) is 14.8. The number of carbonyl (C=O) groups is 5. The summed E-state index contributed by atoms with van der Waals surface area (Å²) in [5.74, 6) is -3.34. The van der Waals surface area contributed by atoms with E-state index in [2.05, 4.69) is 15.9 Å². The van der Waals surface area contributed by atoms with E-state index in [1.807, 2.05) is 0 Å². The van der Waals surface area contributed by atoms with Crippen molar-refractivity contribution in [1.82, 2.24) is 0 Å². The molecule has 1 unspecified atom stereocenters. The standard InChI is InChI=1S/C21H16BrNO7S/c22-14-5-1-12(2-6-14)16(24)10-30-21(29)13-3-7-15(8-4-13)23-18(25)9-17(20(23)28)31-11-19(26)27/h1-8,17H,9-11H2,(H,26,27). The number of carboxylic acid groups (broad SMARTS) is 1. The van der Waals surface area contributed by atoms with Gasteiger partial charge in [0.15, 0.2) is 12.4 Å². The Morgan fingerprint density at radius 3 is 2.26 bits per heavy atom. The lowest BCUT2D eigenvalue weighted by Gasteiger charge is -2.15. The number of anilines is 1. The minimum atomic E-state index is -1.06. The number of hydrogen-bond acceptors (Lipinski definition) is 7. The van der Waals surface area contributed by atoms with Crippen molar-refractivity contribution in [2.75, 3.05) is 17.3 Å². The van der Waals surface area contributed by atoms with Crippen LogP contribution in [0, 0.1) is 0 Å². The fraction of sp³-hybridized carbons (Fsp3) is 0.190. The molecule has 0 spiro atoms. The van der Waals surface area contributed by atoms with Gasteiger partial charge in [-0.15, -0.1) is 11.8 Å². The number of esters is 1. The third-order valence-electron chi connectivity index (χ3n) is 4.37. The lowest BCUT2D eigenvalue weighted by Crippen LogP contribution is -2.31. The Morgan fingerprint density at radius 2 is 1.65 bits per heavy atom. The van der Waals surface area contributed by atoms with Gasteiger partial charge in [0.25, 0.3) is 0 Å². The molecule has 10 heteroatoms. The summed E-state index contributed by atoms with van der Waals surface area (Å²) in [6.45, 7) is -0.423. The molecule has 0 aromatic heterocycles. The van der Waals surface area contributed by atoms with E-state index in [1.54, 1.807) is 24.3 Å². The Labute approximate surface area is 189 Å². The van der Waals surface area contributed by atoms with Gasteiger partial charge in [-0.05, 0) is 36.4 Å². The predicted molar refractivity (Wildman–Crippen MR) is 116 cm³/mol. The maximum atomic E-state index is 12.4. The van der Waals surface area contributed by atoms with Crippen LogP contribution in [0.4, 0.5) is 5.69 Å². The largest absolute Gasteiger partial charge is 0.481 e. The molecule has 1 aliphatic heterocycles. The van der Waals surface area contributed by atoms with Crippen molar-refractivity contribution >= 4 is 62.9 Å². The number of aliphatic carboxylic acids is 1. The van der Waals surface area contributed by atoms with Crippen molar-refractivity contribution in [1.29, 1.82) is 0 Å². The lowest BCUT2D eigenvalue weighted by atomic mass is 10.1. The summed E-state index contributed by atoms with van der Waals surface area (Å²) in [7, 11) is 0. The molecule has 0 saturated carbocycles. The van der Waals surface area contributed by atoms with Crippen LogP contribution in [0.2, 0.25) is 0 Å². The summed E-state index contributed by atoms with van der Waals surface area (Å²) < 4.78 is 5.87. The number of halogens is 1. The molecule has 8 nitrogen and oxygen atoms in total. The molecule has 1 atom stereocenters. The summed E-state index contributed by atoms with van der Waals surface area (Å²) in [6.07, 6.45) is -0.0846. The minimum Gasteiger partial charge on any atom is -0.481 e. The molecule has 1 fully saturated rings. The number of hydrogen-bond donors (Lipinski definition) is 1. The minimum absolute atomic E-state index is 0.0846. The topological polar surface area (TPSA) is 118 Å². The number of nitrogens with zero attached hydrogens (tertiary/aromatic N) is 1. The van der Waals surface area contributed by atoms with Crippen molar-refractivity contribution in [3.05, 3.63) is 64.1 Å². The molecule has 31 heavy (non-hydrogen) atoms. The zero-order valence-electron chi connectivity index (χ0n) is 15.9. The lowest BCUT2D eigenvalue weighted by molar-refractivity contribution is -0.134. The highest BCUT2D eigenvalue weighted by Crippen LogP contribution is 2.29. The molecule has 1 saturated heterocycles. The number of carboxylic acids is 1. The van der Waals surface area contributed by atoms with E-state index >= 15 is 0 Å². The molecule has 1 aliphatic rings. The molecule has 1 N–H and O–H groups in total.